The van der Waals surface area contributed by atoms with E-state index in [0.717, 1.165) is 54.7 Å². The molecule has 0 amide bonds. The van der Waals surface area contributed by atoms with Crippen molar-refractivity contribution in [2.75, 3.05) is 20.8 Å². The number of aromatic nitrogens is 3. The molecule has 0 aliphatic heterocycles. The van der Waals surface area contributed by atoms with Gasteiger partial charge < -0.3 is 19.9 Å². The first-order chi connectivity index (χ1) is 14.2. The van der Waals surface area contributed by atoms with Crippen LogP contribution in [0.1, 0.15) is 31.4 Å². The monoisotopic (exact) mass is 396 g/mol. The second-order valence-electron chi connectivity index (χ2n) is 7.60. The van der Waals surface area contributed by atoms with Crippen LogP contribution in [0.15, 0.2) is 36.7 Å². The molecule has 1 aliphatic carbocycles. The van der Waals surface area contributed by atoms with Crippen molar-refractivity contribution in [2.45, 2.75) is 38.3 Å². The summed E-state index contributed by atoms with van der Waals surface area (Å²) in [6.07, 6.45) is 8.18. The molecule has 3 aromatic rings. The van der Waals surface area contributed by atoms with Crippen LogP contribution in [0.4, 0.5) is 0 Å². The zero-order valence-electron chi connectivity index (χ0n) is 17.0. The van der Waals surface area contributed by atoms with Gasteiger partial charge in [-0.2, -0.15) is 5.10 Å². The number of ether oxygens (including phenoxy) is 2. The molecule has 1 aromatic carbocycles. The number of methoxy groups -OCH3 is 2. The summed E-state index contributed by atoms with van der Waals surface area (Å²) in [5.74, 6) is 1.85. The first-order valence-corrected chi connectivity index (χ1v) is 10.1. The van der Waals surface area contributed by atoms with Gasteiger partial charge in [0.2, 0.25) is 0 Å². The summed E-state index contributed by atoms with van der Waals surface area (Å²) in [6.45, 7) is 1.03. The Morgan fingerprint density at radius 2 is 1.90 bits per heavy atom. The number of hydrogen-bond acceptors (Lipinski definition) is 6. The van der Waals surface area contributed by atoms with Gasteiger partial charge in [0.25, 0.3) is 0 Å². The molecule has 2 aromatic heterocycles. The highest BCUT2D eigenvalue weighted by molar-refractivity contribution is 5.78. The largest absolute Gasteiger partial charge is 0.493 e. The van der Waals surface area contributed by atoms with E-state index in [2.05, 4.69) is 10.4 Å². The molecule has 0 spiro atoms. The van der Waals surface area contributed by atoms with Crippen LogP contribution >= 0.6 is 0 Å². The fourth-order valence-electron chi connectivity index (χ4n) is 4.01. The van der Waals surface area contributed by atoms with Gasteiger partial charge in [0.15, 0.2) is 17.1 Å². The van der Waals surface area contributed by atoms with Crippen molar-refractivity contribution >= 4 is 5.65 Å². The van der Waals surface area contributed by atoms with Crippen LogP contribution in [0.2, 0.25) is 0 Å². The van der Waals surface area contributed by atoms with E-state index in [-0.39, 0.29) is 0 Å². The van der Waals surface area contributed by atoms with Gasteiger partial charge in [0.05, 0.1) is 26.1 Å². The third kappa shape index (κ3) is 4.21. The van der Waals surface area contributed by atoms with Crippen molar-refractivity contribution in [1.82, 2.24) is 19.9 Å². The Hall–Kier alpha value is -2.64. The second kappa shape index (κ2) is 8.80. The smallest absolute Gasteiger partial charge is 0.163 e. The number of aliphatic hydroxyl groups is 1. The van der Waals surface area contributed by atoms with Gasteiger partial charge in [-0.1, -0.05) is 6.07 Å². The summed E-state index contributed by atoms with van der Waals surface area (Å²) >= 11 is 0. The third-order valence-electron chi connectivity index (χ3n) is 5.80. The Morgan fingerprint density at radius 1 is 1.10 bits per heavy atom. The van der Waals surface area contributed by atoms with Gasteiger partial charge in [0.1, 0.15) is 0 Å². The molecule has 0 saturated heterocycles. The van der Waals surface area contributed by atoms with Crippen LogP contribution in [-0.4, -0.2) is 46.6 Å². The molecule has 7 heteroatoms. The highest BCUT2D eigenvalue weighted by atomic mass is 16.5. The SMILES string of the molecule is COc1ccc(-c2cnn3ccc(CNC4CCC(CO)CC4)nc23)cc1OC. The first kappa shape index (κ1) is 19.7. The highest BCUT2D eigenvalue weighted by Crippen LogP contribution is 2.33. The predicted molar refractivity (Wildman–Crippen MR) is 111 cm³/mol. The van der Waals surface area contributed by atoms with E-state index in [4.69, 9.17) is 14.5 Å². The maximum Gasteiger partial charge on any atom is 0.163 e. The van der Waals surface area contributed by atoms with Gasteiger partial charge in [-0.15, -0.1) is 0 Å². The van der Waals surface area contributed by atoms with Crippen LogP contribution in [0.3, 0.4) is 0 Å². The highest BCUT2D eigenvalue weighted by Gasteiger charge is 2.20. The molecule has 0 bridgehead atoms. The van der Waals surface area contributed by atoms with Crippen molar-refractivity contribution in [1.29, 1.82) is 0 Å². The lowest BCUT2D eigenvalue weighted by molar-refractivity contribution is 0.175. The number of fused-ring (bicyclic) bond motifs is 1. The van der Waals surface area contributed by atoms with E-state index in [9.17, 15) is 5.11 Å². The summed E-state index contributed by atoms with van der Waals surface area (Å²) in [6, 6.07) is 8.33. The van der Waals surface area contributed by atoms with E-state index in [1.165, 1.54) is 0 Å². The molecule has 1 aliphatic rings. The molecule has 29 heavy (non-hydrogen) atoms. The van der Waals surface area contributed by atoms with Gasteiger partial charge in [-0.25, -0.2) is 9.50 Å². The molecule has 7 nitrogen and oxygen atoms in total. The summed E-state index contributed by atoms with van der Waals surface area (Å²) in [4.78, 5) is 4.85. The second-order valence-corrected chi connectivity index (χ2v) is 7.60. The van der Waals surface area contributed by atoms with Crippen LogP contribution in [0, 0.1) is 5.92 Å². The van der Waals surface area contributed by atoms with E-state index in [1.807, 2.05) is 36.7 Å². The summed E-state index contributed by atoms with van der Waals surface area (Å²) in [7, 11) is 3.26. The fraction of sp³-hybridized carbons (Fsp3) is 0.455. The maximum atomic E-state index is 9.29. The van der Waals surface area contributed by atoms with E-state index < -0.39 is 0 Å². The topological polar surface area (TPSA) is 80.9 Å². The first-order valence-electron chi connectivity index (χ1n) is 10.1. The molecule has 154 valence electrons. The lowest BCUT2D eigenvalue weighted by Crippen LogP contribution is -2.33. The fourth-order valence-corrected chi connectivity index (χ4v) is 4.01. The summed E-state index contributed by atoms with van der Waals surface area (Å²) in [5, 5.41) is 17.4. The Kier molecular flexibility index (Phi) is 5.97. The van der Waals surface area contributed by atoms with E-state index in [1.54, 1.807) is 18.7 Å². The van der Waals surface area contributed by atoms with Crippen LogP contribution in [0.25, 0.3) is 16.8 Å². The van der Waals surface area contributed by atoms with Crippen LogP contribution in [-0.2, 0) is 6.54 Å². The Morgan fingerprint density at radius 3 is 2.62 bits per heavy atom. The lowest BCUT2D eigenvalue weighted by atomic mass is 9.86. The van der Waals surface area contributed by atoms with Crippen molar-refractivity contribution < 1.29 is 14.6 Å². The normalized spacial score (nSPS) is 19.4. The molecular formula is C22H28N4O3. The lowest BCUT2D eigenvalue weighted by Gasteiger charge is -2.28. The third-order valence-corrected chi connectivity index (χ3v) is 5.80. The van der Waals surface area contributed by atoms with Crippen molar-refractivity contribution in [3.05, 3.63) is 42.4 Å². The molecule has 2 N–H and O–H groups in total. The molecule has 0 atom stereocenters. The number of rotatable bonds is 7. The van der Waals surface area contributed by atoms with Crippen molar-refractivity contribution in [3.8, 4) is 22.6 Å². The van der Waals surface area contributed by atoms with Gasteiger partial charge >= 0.3 is 0 Å². The van der Waals surface area contributed by atoms with Gasteiger partial charge in [0, 0.05) is 31.0 Å². The number of nitrogens with zero attached hydrogens (tertiary/aromatic N) is 3. The zero-order valence-corrected chi connectivity index (χ0v) is 17.0. The molecule has 1 saturated carbocycles. The number of hydrogen-bond donors (Lipinski definition) is 2. The number of benzene rings is 1. The molecule has 1 fully saturated rings. The summed E-state index contributed by atoms with van der Waals surface area (Å²) < 4.78 is 12.6. The minimum atomic E-state index is 0.311. The minimum absolute atomic E-state index is 0.311. The maximum absolute atomic E-state index is 9.29. The molecule has 4 rings (SSSR count). The van der Waals surface area contributed by atoms with Crippen molar-refractivity contribution in [3.63, 3.8) is 0 Å². The zero-order chi connectivity index (χ0) is 20.2. The average molecular weight is 396 g/mol. The minimum Gasteiger partial charge on any atom is -0.493 e. The van der Waals surface area contributed by atoms with Gasteiger partial charge in [-0.3, -0.25) is 0 Å². The summed E-state index contributed by atoms with van der Waals surface area (Å²) in [5.41, 5.74) is 3.75. The van der Waals surface area contributed by atoms with Crippen LogP contribution in [0.5, 0.6) is 11.5 Å². The Bertz CT molecular complexity index is 964. The molecular weight excluding hydrogens is 368 g/mol. The molecule has 0 radical (unpaired) electrons. The van der Waals surface area contributed by atoms with Crippen molar-refractivity contribution in [2.24, 2.45) is 5.92 Å². The number of aliphatic hydroxyl groups excluding tert-OH is 1. The predicted octanol–water partition coefficient (Wildman–Crippen LogP) is 3.05. The molecule has 2 heterocycles. The van der Waals surface area contributed by atoms with E-state index >= 15 is 0 Å². The quantitative estimate of drug-likeness (QED) is 0.639. The van der Waals surface area contributed by atoms with E-state index in [0.29, 0.717) is 30.1 Å². The van der Waals surface area contributed by atoms with Gasteiger partial charge in [-0.05, 0) is 55.4 Å². The van der Waals surface area contributed by atoms with Crippen LogP contribution < -0.4 is 14.8 Å². The average Bonchev–Trinajstić information content (AvgIpc) is 3.20. The standard InChI is InChI=1S/C22H28N4O3/c1-28-20-8-5-16(11-21(20)29-2)19-13-24-26-10-9-18(25-22(19)26)12-23-17-6-3-15(14-27)4-7-17/h5,8-11,13,15,17,23,27H,3-4,6-7,12,14H2,1-2H3. The molecule has 0 unspecified atom stereocenters. The Labute approximate surface area is 170 Å². The Balaban J connectivity index is 1.52. The number of nitrogens with one attached hydrogen (secondary N) is 1.